The molecule has 0 aliphatic rings. The maximum absolute atomic E-state index is 13.9. The molecule has 0 aliphatic carbocycles. The highest BCUT2D eigenvalue weighted by Crippen LogP contribution is 2.33. The van der Waals surface area contributed by atoms with Crippen LogP contribution in [0.3, 0.4) is 0 Å². The summed E-state index contributed by atoms with van der Waals surface area (Å²) in [7, 11) is -4.22. The van der Waals surface area contributed by atoms with E-state index in [1.807, 2.05) is 6.92 Å². The number of hydrogen-bond acceptors (Lipinski definition) is 5. The van der Waals surface area contributed by atoms with Crippen molar-refractivity contribution in [2.24, 2.45) is 0 Å². The van der Waals surface area contributed by atoms with Gasteiger partial charge in [0.05, 0.1) is 17.2 Å². The maximum Gasteiger partial charge on any atom is 0.264 e. The molecule has 1 atom stereocenters. The number of anilines is 1. The summed E-state index contributed by atoms with van der Waals surface area (Å²) < 4.78 is 48.1. The van der Waals surface area contributed by atoms with Crippen LogP contribution in [-0.4, -0.2) is 50.9 Å². The molecule has 3 aromatic rings. The van der Waals surface area contributed by atoms with Gasteiger partial charge in [-0.2, -0.15) is 0 Å². The first-order valence-corrected chi connectivity index (χ1v) is 14.1. The highest BCUT2D eigenvalue weighted by atomic mass is 32.2. The summed E-state index contributed by atoms with van der Waals surface area (Å²) in [6.07, 6.45) is 0. The van der Waals surface area contributed by atoms with Gasteiger partial charge in [-0.15, -0.1) is 0 Å². The molecule has 8 nitrogen and oxygen atoms in total. The highest BCUT2D eigenvalue weighted by molar-refractivity contribution is 7.92. The minimum Gasteiger partial charge on any atom is -0.492 e. The predicted octanol–water partition coefficient (Wildman–Crippen LogP) is 4.28. The van der Waals surface area contributed by atoms with Gasteiger partial charge in [-0.25, -0.2) is 12.8 Å². The van der Waals surface area contributed by atoms with E-state index in [2.05, 4.69) is 5.32 Å². The van der Waals surface area contributed by atoms with Gasteiger partial charge in [-0.05, 0) is 69.7 Å². The molecule has 39 heavy (non-hydrogen) atoms. The molecule has 0 spiro atoms. The second-order valence-corrected chi connectivity index (χ2v) is 10.8. The lowest BCUT2D eigenvalue weighted by atomic mass is 10.1. The predicted molar refractivity (Wildman–Crippen MR) is 148 cm³/mol. The van der Waals surface area contributed by atoms with E-state index in [-0.39, 0.29) is 23.7 Å². The summed E-state index contributed by atoms with van der Waals surface area (Å²) in [5.74, 6) is -1.14. The second kappa shape index (κ2) is 13.2. The van der Waals surface area contributed by atoms with Crippen LogP contribution in [-0.2, 0) is 26.2 Å². The molecular weight excluding hydrogens is 521 g/mol. The summed E-state index contributed by atoms with van der Waals surface area (Å²) in [6.45, 7) is 6.98. The minimum atomic E-state index is -4.22. The molecule has 0 heterocycles. The van der Waals surface area contributed by atoms with Crippen molar-refractivity contribution in [3.63, 3.8) is 0 Å². The van der Waals surface area contributed by atoms with Crippen LogP contribution < -0.4 is 14.4 Å². The Hall–Kier alpha value is -3.92. The topological polar surface area (TPSA) is 96.0 Å². The Morgan fingerprint density at radius 1 is 0.974 bits per heavy atom. The molecule has 208 valence electrons. The molecule has 0 radical (unpaired) electrons. The van der Waals surface area contributed by atoms with Crippen molar-refractivity contribution in [3.05, 3.63) is 89.7 Å². The van der Waals surface area contributed by atoms with Crippen molar-refractivity contribution >= 4 is 27.5 Å². The number of nitrogens with zero attached hydrogens (tertiary/aromatic N) is 2. The van der Waals surface area contributed by atoms with Crippen LogP contribution >= 0.6 is 0 Å². The van der Waals surface area contributed by atoms with Gasteiger partial charge in [0.1, 0.15) is 24.2 Å². The van der Waals surface area contributed by atoms with E-state index in [0.717, 1.165) is 9.87 Å². The summed E-state index contributed by atoms with van der Waals surface area (Å²) in [6, 6.07) is 17.6. The van der Waals surface area contributed by atoms with Crippen LogP contribution in [0.5, 0.6) is 5.75 Å². The van der Waals surface area contributed by atoms with Gasteiger partial charge in [-0.1, -0.05) is 42.0 Å². The number of hydrogen-bond donors (Lipinski definition) is 1. The van der Waals surface area contributed by atoms with Gasteiger partial charge in [0.15, 0.2) is 0 Å². The van der Waals surface area contributed by atoms with Crippen LogP contribution in [0.25, 0.3) is 0 Å². The fourth-order valence-electron chi connectivity index (χ4n) is 3.98. The quantitative estimate of drug-likeness (QED) is 0.360. The van der Waals surface area contributed by atoms with Gasteiger partial charge in [0.25, 0.3) is 10.0 Å². The normalized spacial score (nSPS) is 11.9. The van der Waals surface area contributed by atoms with Crippen molar-refractivity contribution in [2.75, 3.05) is 24.0 Å². The number of amides is 2. The number of nitrogens with one attached hydrogen (secondary N) is 1. The van der Waals surface area contributed by atoms with Crippen molar-refractivity contribution in [1.29, 1.82) is 0 Å². The van der Waals surface area contributed by atoms with Crippen molar-refractivity contribution < 1.29 is 27.1 Å². The third-order valence-corrected chi connectivity index (χ3v) is 7.88. The molecule has 1 N–H and O–H groups in total. The number of carbonyl (C=O) groups is 2. The largest absolute Gasteiger partial charge is 0.492 e. The van der Waals surface area contributed by atoms with E-state index in [0.29, 0.717) is 17.9 Å². The summed E-state index contributed by atoms with van der Waals surface area (Å²) in [5, 5.41) is 2.70. The van der Waals surface area contributed by atoms with E-state index in [1.165, 1.54) is 41.3 Å². The second-order valence-electron chi connectivity index (χ2n) is 8.94. The smallest absolute Gasteiger partial charge is 0.264 e. The third-order valence-electron chi connectivity index (χ3n) is 6.11. The zero-order valence-corrected chi connectivity index (χ0v) is 23.4. The Kier molecular flexibility index (Phi) is 10.1. The molecule has 0 aliphatic heterocycles. The van der Waals surface area contributed by atoms with Crippen LogP contribution in [0, 0.1) is 12.7 Å². The number of sulfonamides is 1. The number of para-hydroxylation sites is 2. The van der Waals surface area contributed by atoms with E-state index >= 15 is 0 Å². The first-order valence-electron chi connectivity index (χ1n) is 12.7. The maximum atomic E-state index is 13.9. The monoisotopic (exact) mass is 555 g/mol. The third kappa shape index (κ3) is 7.35. The van der Waals surface area contributed by atoms with Crippen LogP contribution in [0.15, 0.2) is 77.7 Å². The Balaban J connectivity index is 2.07. The fraction of sp³-hybridized carbons (Fsp3) is 0.310. The van der Waals surface area contributed by atoms with E-state index in [4.69, 9.17) is 4.74 Å². The molecule has 2 amide bonds. The zero-order chi connectivity index (χ0) is 28.6. The Labute approximate surface area is 229 Å². The van der Waals surface area contributed by atoms with Gasteiger partial charge in [-0.3, -0.25) is 13.9 Å². The van der Waals surface area contributed by atoms with Gasteiger partial charge >= 0.3 is 0 Å². The molecule has 0 fully saturated rings. The SMILES string of the molecule is CCNC(=O)[C@@H](C)N(Cc1ccc(F)cc1)C(=O)CN(c1ccccc1OCC)S(=O)(=O)c1ccc(C)cc1. The average Bonchev–Trinajstić information content (AvgIpc) is 2.92. The zero-order valence-electron chi connectivity index (χ0n) is 22.6. The van der Waals surface area contributed by atoms with Crippen LogP contribution in [0.1, 0.15) is 31.9 Å². The average molecular weight is 556 g/mol. The van der Waals surface area contributed by atoms with Gasteiger partial charge in [0.2, 0.25) is 11.8 Å². The lowest BCUT2D eigenvalue weighted by Gasteiger charge is -2.32. The Morgan fingerprint density at radius 3 is 2.23 bits per heavy atom. The van der Waals surface area contributed by atoms with Gasteiger partial charge in [0, 0.05) is 13.1 Å². The molecule has 3 aromatic carbocycles. The first kappa shape index (κ1) is 29.6. The molecule has 0 saturated heterocycles. The van der Waals surface area contributed by atoms with Crippen LogP contribution in [0.2, 0.25) is 0 Å². The summed E-state index contributed by atoms with van der Waals surface area (Å²) in [5.41, 5.74) is 1.66. The van der Waals surface area contributed by atoms with E-state index < -0.39 is 40.2 Å². The molecule has 0 aromatic heterocycles. The lowest BCUT2D eigenvalue weighted by Crippen LogP contribution is -2.51. The van der Waals surface area contributed by atoms with E-state index in [9.17, 15) is 22.4 Å². The minimum absolute atomic E-state index is 0.00839. The molecule has 0 bridgehead atoms. The molecule has 0 saturated carbocycles. The molecule has 0 unspecified atom stereocenters. The summed E-state index contributed by atoms with van der Waals surface area (Å²) >= 11 is 0. The lowest BCUT2D eigenvalue weighted by molar-refractivity contribution is -0.139. The Morgan fingerprint density at radius 2 is 1.62 bits per heavy atom. The number of rotatable bonds is 12. The molecule has 10 heteroatoms. The number of benzene rings is 3. The number of carbonyl (C=O) groups excluding carboxylic acids is 2. The van der Waals surface area contributed by atoms with Gasteiger partial charge < -0.3 is 15.0 Å². The van der Waals surface area contributed by atoms with Crippen molar-refractivity contribution in [3.8, 4) is 5.75 Å². The first-order chi connectivity index (χ1) is 18.6. The fourth-order valence-corrected chi connectivity index (χ4v) is 5.41. The van der Waals surface area contributed by atoms with Crippen LogP contribution in [0.4, 0.5) is 10.1 Å². The number of halogens is 1. The molecule has 3 rings (SSSR count). The number of aryl methyl sites for hydroxylation is 1. The standard InChI is InChI=1S/C29H34FN3O5S/c1-5-31-29(35)22(4)32(19-23-13-15-24(30)16-14-23)28(34)20-33(26-9-7-8-10-27(26)38-6-2)39(36,37)25-17-11-21(3)12-18-25/h7-18,22H,5-6,19-20H2,1-4H3,(H,31,35)/t22-/m1/s1. The highest BCUT2D eigenvalue weighted by Gasteiger charge is 2.33. The number of ether oxygens (including phenoxy) is 1. The molecular formula is C29H34FN3O5S. The Bertz CT molecular complexity index is 1380. The van der Waals surface area contributed by atoms with Crippen molar-refractivity contribution in [1.82, 2.24) is 10.2 Å². The van der Waals surface area contributed by atoms with Crippen molar-refractivity contribution in [2.45, 2.75) is 45.2 Å². The summed E-state index contributed by atoms with van der Waals surface area (Å²) in [4.78, 5) is 27.9. The van der Waals surface area contributed by atoms with E-state index in [1.54, 1.807) is 57.2 Å². The number of likely N-dealkylation sites (N-methyl/N-ethyl adjacent to an activating group) is 1.